The SMILES string of the molecule is CCOc1ccc(S(=O)(=O)N(CC)CC(=O)Nc2ccc(F)c(C(F)(F)F)c2)cc1Cl. The van der Waals surface area contributed by atoms with E-state index in [2.05, 4.69) is 5.32 Å². The van der Waals surface area contributed by atoms with Crippen molar-refractivity contribution in [1.82, 2.24) is 4.31 Å². The first-order chi connectivity index (χ1) is 14.4. The quantitative estimate of drug-likeness (QED) is 0.560. The zero-order chi connectivity index (χ0) is 23.4. The minimum atomic E-state index is -4.95. The van der Waals surface area contributed by atoms with Crippen LogP contribution in [0.15, 0.2) is 41.3 Å². The fourth-order valence-electron chi connectivity index (χ4n) is 2.61. The molecule has 0 unspecified atom stereocenters. The molecule has 0 heterocycles. The van der Waals surface area contributed by atoms with Crippen LogP contribution < -0.4 is 10.1 Å². The molecule has 2 rings (SSSR count). The molecule has 2 aromatic rings. The number of nitrogens with zero attached hydrogens (tertiary/aromatic N) is 1. The number of likely N-dealkylation sites (N-methyl/N-ethyl adjacent to an activating group) is 1. The average molecular weight is 483 g/mol. The average Bonchev–Trinajstić information content (AvgIpc) is 2.68. The van der Waals surface area contributed by atoms with Gasteiger partial charge < -0.3 is 10.1 Å². The second kappa shape index (κ2) is 9.84. The van der Waals surface area contributed by atoms with E-state index in [4.69, 9.17) is 16.3 Å². The molecule has 0 radical (unpaired) electrons. The number of anilines is 1. The Balaban J connectivity index is 2.20. The molecule has 0 aliphatic rings. The van der Waals surface area contributed by atoms with Crippen LogP contribution in [-0.2, 0) is 21.0 Å². The Hall–Kier alpha value is -2.37. The van der Waals surface area contributed by atoms with Crippen molar-refractivity contribution >= 4 is 33.2 Å². The van der Waals surface area contributed by atoms with Crippen molar-refractivity contribution in [3.05, 3.63) is 52.8 Å². The van der Waals surface area contributed by atoms with Crippen molar-refractivity contribution in [3.63, 3.8) is 0 Å². The lowest BCUT2D eigenvalue weighted by Crippen LogP contribution is -2.37. The van der Waals surface area contributed by atoms with Crippen LogP contribution in [0.3, 0.4) is 0 Å². The zero-order valence-electron chi connectivity index (χ0n) is 16.5. The Morgan fingerprint density at radius 3 is 2.39 bits per heavy atom. The number of carbonyl (C=O) groups excluding carboxylic acids is 1. The van der Waals surface area contributed by atoms with E-state index in [1.165, 1.54) is 25.1 Å². The van der Waals surface area contributed by atoms with E-state index in [9.17, 15) is 30.8 Å². The predicted molar refractivity (Wildman–Crippen MR) is 107 cm³/mol. The molecule has 0 bridgehead atoms. The molecule has 0 saturated heterocycles. The van der Waals surface area contributed by atoms with E-state index in [0.29, 0.717) is 24.5 Å². The smallest absolute Gasteiger partial charge is 0.419 e. The molecule has 6 nitrogen and oxygen atoms in total. The normalized spacial score (nSPS) is 12.1. The van der Waals surface area contributed by atoms with E-state index in [-0.39, 0.29) is 22.2 Å². The van der Waals surface area contributed by atoms with Gasteiger partial charge in [0.2, 0.25) is 15.9 Å². The number of nitrogens with one attached hydrogen (secondary N) is 1. The number of rotatable bonds is 8. The number of hydrogen-bond acceptors (Lipinski definition) is 4. The monoisotopic (exact) mass is 482 g/mol. The molecule has 0 fully saturated rings. The molecule has 0 spiro atoms. The van der Waals surface area contributed by atoms with Crippen molar-refractivity contribution in [3.8, 4) is 5.75 Å². The van der Waals surface area contributed by atoms with Crippen LogP contribution in [0, 0.1) is 5.82 Å². The molecule has 0 aliphatic carbocycles. The summed E-state index contributed by atoms with van der Waals surface area (Å²) < 4.78 is 83.6. The largest absolute Gasteiger partial charge is 0.492 e. The van der Waals surface area contributed by atoms with Gasteiger partial charge in [-0.1, -0.05) is 18.5 Å². The third-order valence-electron chi connectivity index (χ3n) is 4.07. The Morgan fingerprint density at radius 1 is 1.16 bits per heavy atom. The highest BCUT2D eigenvalue weighted by molar-refractivity contribution is 7.89. The van der Waals surface area contributed by atoms with Gasteiger partial charge in [-0.05, 0) is 43.3 Å². The second-order valence-corrected chi connectivity index (χ2v) is 8.54. The van der Waals surface area contributed by atoms with Gasteiger partial charge in [-0.25, -0.2) is 12.8 Å². The molecule has 0 atom stereocenters. The van der Waals surface area contributed by atoms with Crippen molar-refractivity contribution in [2.75, 3.05) is 25.0 Å². The van der Waals surface area contributed by atoms with Gasteiger partial charge in [0, 0.05) is 12.2 Å². The molecule has 0 aliphatic heterocycles. The molecule has 0 saturated carbocycles. The van der Waals surface area contributed by atoms with Crippen LogP contribution in [0.5, 0.6) is 5.75 Å². The molecule has 1 amide bonds. The molecular weight excluding hydrogens is 464 g/mol. The van der Waals surface area contributed by atoms with Gasteiger partial charge in [-0.15, -0.1) is 0 Å². The van der Waals surface area contributed by atoms with Gasteiger partial charge in [-0.2, -0.15) is 17.5 Å². The lowest BCUT2D eigenvalue weighted by Gasteiger charge is -2.20. The van der Waals surface area contributed by atoms with Crippen molar-refractivity contribution in [2.45, 2.75) is 24.9 Å². The lowest BCUT2D eigenvalue weighted by molar-refractivity contribution is -0.140. The van der Waals surface area contributed by atoms with Crippen LogP contribution in [0.1, 0.15) is 19.4 Å². The van der Waals surface area contributed by atoms with Gasteiger partial charge in [0.15, 0.2) is 0 Å². The number of benzene rings is 2. The standard InChI is InChI=1S/C19H19ClF4N2O4S/c1-3-26(31(28,29)13-6-8-17(30-4-2)15(20)10-13)11-18(27)25-12-5-7-16(21)14(9-12)19(22,23)24/h5-10H,3-4,11H2,1-2H3,(H,25,27). The molecule has 31 heavy (non-hydrogen) atoms. The van der Waals surface area contributed by atoms with E-state index < -0.39 is 40.0 Å². The van der Waals surface area contributed by atoms with E-state index in [1.54, 1.807) is 6.92 Å². The van der Waals surface area contributed by atoms with E-state index >= 15 is 0 Å². The number of alkyl halides is 3. The van der Waals surface area contributed by atoms with Crippen LogP contribution in [0.2, 0.25) is 5.02 Å². The Labute approximate surface area is 181 Å². The summed E-state index contributed by atoms with van der Waals surface area (Å²) in [6.45, 7) is 2.77. The van der Waals surface area contributed by atoms with Crippen LogP contribution in [0.25, 0.3) is 0 Å². The second-order valence-electron chi connectivity index (χ2n) is 6.20. The number of halogens is 5. The third kappa shape index (κ3) is 6.08. The van der Waals surface area contributed by atoms with Crippen LogP contribution >= 0.6 is 11.6 Å². The minimum Gasteiger partial charge on any atom is -0.492 e. The first-order valence-electron chi connectivity index (χ1n) is 8.99. The van der Waals surface area contributed by atoms with Gasteiger partial charge in [-0.3, -0.25) is 4.79 Å². The molecule has 0 aromatic heterocycles. The molecule has 170 valence electrons. The van der Waals surface area contributed by atoms with Gasteiger partial charge in [0.25, 0.3) is 0 Å². The van der Waals surface area contributed by atoms with E-state index in [0.717, 1.165) is 10.4 Å². The highest BCUT2D eigenvalue weighted by Gasteiger charge is 2.34. The van der Waals surface area contributed by atoms with Crippen LogP contribution in [-0.4, -0.2) is 38.3 Å². The number of hydrogen-bond donors (Lipinski definition) is 1. The van der Waals surface area contributed by atoms with Crippen LogP contribution in [0.4, 0.5) is 23.2 Å². The Morgan fingerprint density at radius 2 is 1.84 bits per heavy atom. The van der Waals surface area contributed by atoms with Crippen molar-refractivity contribution in [1.29, 1.82) is 0 Å². The number of amides is 1. The highest BCUT2D eigenvalue weighted by Crippen LogP contribution is 2.33. The summed E-state index contributed by atoms with van der Waals surface area (Å²) in [5.74, 6) is -2.10. The summed E-state index contributed by atoms with van der Waals surface area (Å²) >= 11 is 6.03. The summed E-state index contributed by atoms with van der Waals surface area (Å²) in [4.78, 5) is 12.1. The highest BCUT2D eigenvalue weighted by atomic mass is 35.5. The van der Waals surface area contributed by atoms with Gasteiger partial charge >= 0.3 is 6.18 Å². The fraction of sp³-hybridized carbons (Fsp3) is 0.316. The minimum absolute atomic E-state index is 0.0643. The zero-order valence-corrected chi connectivity index (χ0v) is 18.0. The maximum Gasteiger partial charge on any atom is 0.419 e. The molecule has 12 heteroatoms. The maximum absolute atomic E-state index is 13.4. The molecular formula is C19H19ClF4N2O4S. The maximum atomic E-state index is 13.4. The van der Waals surface area contributed by atoms with Crippen molar-refractivity contribution in [2.24, 2.45) is 0 Å². The molecule has 1 N–H and O–H groups in total. The number of ether oxygens (including phenoxy) is 1. The Kier molecular flexibility index (Phi) is 7.90. The van der Waals surface area contributed by atoms with Gasteiger partial charge in [0.05, 0.1) is 28.6 Å². The fourth-order valence-corrected chi connectivity index (χ4v) is 4.34. The first-order valence-corrected chi connectivity index (χ1v) is 10.8. The summed E-state index contributed by atoms with van der Waals surface area (Å²) in [5.41, 5.74) is -1.87. The first kappa shape index (κ1) is 24.9. The Bertz CT molecular complexity index is 1060. The molecule has 2 aromatic carbocycles. The number of carbonyl (C=O) groups is 1. The van der Waals surface area contributed by atoms with Crippen molar-refractivity contribution < 1.29 is 35.5 Å². The summed E-state index contributed by atoms with van der Waals surface area (Å²) in [6.07, 6.45) is -4.95. The topological polar surface area (TPSA) is 75.7 Å². The summed E-state index contributed by atoms with van der Waals surface area (Å²) in [6, 6.07) is 5.77. The van der Waals surface area contributed by atoms with Gasteiger partial charge in [0.1, 0.15) is 11.6 Å². The lowest BCUT2D eigenvalue weighted by atomic mass is 10.2. The third-order valence-corrected chi connectivity index (χ3v) is 6.28. The summed E-state index contributed by atoms with van der Waals surface area (Å²) in [7, 11) is -4.14. The number of sulfonamides is 1. The van der Waals surface area contributed by atoms with E-state index in [1.807, 2.05) is 0 Å². The summed E-state index contributed by atoms with van der Waals surface area (Å²) in [5, 5.41) is 2.21. The predicted octanol–water partition coefficient (Wildman–Crippen LogP) is 4.55.